The highest BCUT2D eigenvalue weighted by Crippen LogP contribution is 2.22. The Morgan fingerprint density at radius 3 is 2.34 bits per heavy atom. The first-order valence-corrected chi connectivity index (χ1v) is 11.7. The Kier molecular flexibility index (Phi) is 6.31. The zero-order valence-electron chi connectivity index (χ0n) is 19.2. The summed E-state index contributed by atoms with van der Waals surface area (Å²) in [6, 6.07) is 29.8. The number of hydrogen-bond acceptors (Lipinski definition) is 2. The average molecular weight is 463 g/mol. The number of aromatic amines is 1. The van der Waals surface area contributed by atoms with E-state index in [1.54, 1.807) is 6.07 Å². The number of nitrogens with zero attached hydrogens (tertiary/aromatic N) is 1. The Labute approximate surface area is 203 Å². The SMILES string of the molecule is O=C(O)[C@H](Cc1ccccc1)N(CCc1c[nH]c2ccccc12)C(=O)c1ccc2ccccc2c1. The summed E-state index contributed by atoms with van der Waals surface area (Å²) >= 11 is 0. The van der Waals surface area contributed by atoms with Gasteiger partial charge < -0.3 is 15.0 Å². The van der Waals surface area contributed by atoms with E-state index in [4.69, 9.17) is 0 Å². The molecule has 0 spiro atoms. The fourth-order valence-corrected chi connectivity index (χ4v) is 4.63. The molecule has 0 saturated carbocycles. The van der Waals surface area contributed by atoms with Gasteiger partial charge in [0.1, 0.15) is 6.04 Å². The lowest BCUT2D eigenvalue weighted by atomic mass is 10.0. The number of fused-ring (bicyclic) bond motifs is 2. The van der Waals surface area contributed by atoms with E-state index in [9.17, 15) is 14.7 Å². The van der Waals surface area contributed by atoms with Crippen molar-refractivity contribution >= 4 is 33.6 Å². The fraction of sp³-hybridized carbons (Fsp3) is 0.133. The molecular formula is C30H26N2O3. The summed E-state index contributed by atoms with van der Waals surface area (Å²) in [5, 5.41) is 13.3. The van der Waals surface area contributed by atoms with Crippen molar-refractivity contribution in [2.45, 2.75) is 18.9 Å². The van der Waals surface area contributed by atoms with Gasteiger partial charge in [0, 0.05) is 35.6 Å². The molecule has 0 aliphatic carbocycles. The third-order valence-corrected chi connectivity index (χ3v) is 6.49. The average Bonchev–Trinajstić information content (AvgIpc) is 3.31. The molecule has 0 fully saturated rings. The molecule has 1 heterocycles. The highest BCUT2D eigenvalue weighted by Gasteiger charge is 2.30. The number of aromatic nitrogens is 1. The molecule has 5 nitrogen and oxygen atoms in total. The summed E-state index contributed by atoms with van der Waals surface area (Å²) in [4.78, 5) is 31.0. The second kappa shape index (κ2) is 9.85. The van der Waals surface area contributed by atoms with Crippen LogP contribution in [0.2, 0.25) is 0 Å². The van der Waals surface area contributed by atoms with E-state index < -0.39 is 12.0 Å². The molecule has 0 unspecified atom stereocenters. The Hall–Kier alpha value is -4.38. The molecule has 5 aromatic rings. The number of H-pyrrole nitrogens is 1. The summed E-state index contributed by atoms with van der Waals surface area (Å²) in [6.07, 6.45) is 2.72. The lowest BCUT2D eigenvalue weighted by Crippen LogP contribution is -2.47. The van der Waals surface area contributed by atoms with E-state index in [0.29, 0.717) is 12.0 Å². The van der Waals surface area contributed by atoms with E-state index >= 15 is 0 Å². The molecule has 2 N–H and O–H groups in total. The van der Waals surface area contributed by atoms with Crippen molar-refractivity contribution in [1.82, 2.24) is 9.88 Å². The second-order valence-corrected chi connectivity index (χ2v) is 8.71. The molecule has 4 aromatic carbocycles. The maximum Gasteiger partial charge on any atom is 0.326 e. The third-order valence-electron chi connectivity index (χ3n) is 6.49. The minimum atomic E-state index is -1.01. The van der Waals surface area contributed by atoms with Crippen molar-refractivity contribution in [3.05, 3.63) is 120 Å². The zero-order chi connectivity index (χ0) is 24.2. The van der Waals surface area contributed by atoms with Crippen LogP contribution in [0.25, 0.3) is 21.7 Å². The summed E-state index contributed by atoms with van der Waals surface area (Å²) < 4.78 is 0. The maximum absolute atomic E-state index is 13.8. The molecule has 1 atom stereocenters. The predicted octanol–water partition coefficient (Wildman–Crippen LogP) is 5.70. The maximum atomic E-state index is 13.8. The molecule has 174 valence electrons. The number of carbonyl (C=O) groups excluding carboxylic acids is 1. The van der Waals surface area contributed by atoms with Gasteiger partial charge in [-0.25, -0.2) is 4.79 Å². The molecular weight excluding hydrogens is 436 g/mol. The van der Waals surface area contributed by atoms with Gasteiger partial charge in [0.05, 0.1) is 0 Å². The van der Waals surface area contributed by atoms with E-state index in [1.807, 2.05) is 97.2 Å². The molecule has 0 bridgehead atoms. The van der Waals surface area contributed by atoms with Gasteiger partial charge in [-0.3, -0.25) is 4.79 Å². The van der Waals surface area contributed by atoms with Crippen molar-refractivity contribution in [2.24, 2.45) is 0 Å². The van der Waals surface area contributed by atoms with Crippen molar-refractivity contribution < 1.29 is 14.7 Å². The number of amides is 1. The van der Waals surface area contributed by atoms with Gasteiger partial charge in [-0.05, 0) is 46.5 Å². The predicted molar refractivity (Wildman–Crippen MR) is 139 cm³/mol. The molecule has 0 aliphatic heterocycles. The number of rotatable bonds is 8. The van der Waals surface area contributed by atoms with Gasteiger partial charge in [-0.1, -0.05) is 78.9 Å². The summed E-state index contributed by atoms with van der Waals surface area (Å²) in [7, 11) is 0. The van der Waals surface area contributed by atoms with E-state index in [2.05, 4.69) is 4.98 Å². The highest BCUT2D eigenvalue weighted by molar-refractivity contribution is 6.00. The van der Waals surface area contributed by atoms with Gasteiger partial charge >= 0.3 is 5.97 Å². The summed E-state index contributed by atoms with van der Waals surface area (Å²) in [5.74, 6) is -1.29. The van der Waals surface area contributed by atoms with Crippen LogP contribution in [-0.2, 0) is 17.6 Å². The van der Waals surface area contributed by atoms with Gasteiger partial charge in [0.25, 0.3) is 5.91 Å². The number of benzene rings is 4. The van der Waals surface area contributed by atoms with Crippen molar-refractivity contribution in [3.63, 3.8) is 0 Å². The normalized spacial score (nSPS) is 12.0. The number of aliphatic carboxylic acids is 1. The van der Waals surface area contributed by atoms with Gasteiger partial charge in [0.2, 0.25) is 0 Å². The van der Waals surface area contributed by atoms with Crippen molar-refractivity contribution in [2.75, 3.05) is 6.54 Å². The number of para-hydroxylation sites is 1. The number of carboxylic acid groups (broad SMARTS) is 1. The largest absolute Gasteiger partial charge is 0.480 e. The first-order valence-electron chi connectivity index (χ1n) is 11.7. The van der Waals surface area contributed by atoms with Gasteiger partial charge in [-0.15, -0.1) is 0 Å². The van der Waals surface area contributed by atoms with Crippen LogP contribution < -0.4 is 0 Å². The Balaban J connectivity index is 1.49. The summed E-state index contributed by atoms with van der Waals surface area (Å²) in [5.41, 5.74) is 3.44. The molecule has 1 aromatic heterocycles. The quantitative estimate of drug-likeness (QED) is 0.311. The lowest BCUT2D eigenvalue weighted by Gasteiger charge is -2.29. The smallest absolute Gasteiger partial charge is 0.326 e. The lowest BCUT2D eigenvalue weighted by molar-refractivity contribution is -0.142. The van der Waals surface area contributed by atoms with Crippen LogP contribution in [0.1, 0.15) is 21.5 Å². The van der Waals surface area contributed by atoms with Gasteiger partial charge in [-0.2, -0.15) is 0 Å². The monoisotopic (exact) mass is 462 g/mol. The van der Waals surface area contributed by atoms with Crippen LogP contribution >= 0.6 is 0 Å². The Bertz CT molecular complexity index is 1490. The Morgan fingerprint density at radius 2 is 1.54 bits per heavy atom. The van der Waals surface area contributed by atoms with Crippen LogP contribution in [-0.4, -0.2) is 39.5 Å². The minimum absolute atomic E-state index is 0.239. The van der Waals surface area contributed by atoms with Crippen LogP contribution in [0.3, 0.4) is 0 Å². The number of carboxylic acids is 1. The van der Waals surface area contributed by atoms with E-state index in [1.165, 1.54) is 4.90 Å². The summed E-state index contributed by atoms with van der Waals surface area (Å²) in [6.45, 7) is 0.289. The van der Waals surface area contributed by atoms with Crippen molar-refractivity contribution in [3.8, 4) is 0 Å². The number of hydrogen-bond donors (Lipinski definition) is 2. The van der Waals surface area contributed by atoms with E-state index in [-0.39, 0.29) is 18.9 Å². The Morgan fingerprint density at radius 1 is 0.829 bits per heavy atom. The highest BCUT2D eigenvalue weighted by atomic mass is 16.4. The molecule has 5 rings (SSSR count). The molecule has 0 radical (unpaired) electrons. The fourth-order valence-electron chi connectivity index (χ4n) is 4.63. The van der Waals surface area contributed by atoms with Crippen LogP contribution in [0, 0.1) is 0 Å². The standard InChI is InChI=1S/C30H26N2O3/c33-29(24-15-14-22-10-4-5-11-23(22)19-24)32(28(30(34)35)18-21-8-2-1-3-9-21)17-16-25-20-31-27-13-7-6-12-26(25)27/h1-15,19-20,28,31H,16-18H2,(H,34,35)/t28-/m0/s1. The minimum Gasteiger partial charge on any atom is -0.480 e. The van der Waals surface area contributed by atoms with Crippen LogP contribution in [0.5, 0.6) is 0 Å². The molecule has 0 aliphatic rings. The second-order valence-electron chi connectivity index (χ2n) is 8.71. The molecule has 1 amide bonds. The molecule has 0 saturated heterocycles. The zero-order valence-corrected chi connectivity index (χ0v) is 19.2. The van der Waals surface area contributed by atoms with Crippen LogP contribution in [0.4, 0.5) is 0 Å². The van der Waals surface area contributed by atoms with E-state index in [0.717, 1.165) is 32.8 Å². The number of carbonyl (C=O) groups is 2. The first-order chi connectivity index (χ1) is 17.1. The number of nitrogens with one attached hydrogen (secondary N) is 1. The molecule has 35 heavy (non-hydrogen) atoms. The first kappa shape index (κ1) is 22.4. The third kappa shape index (κ3) is 4.80. The molecule has 5 heteroatoms. The van der Waals surface area contributed by atoms with Crippen molar-refractivity contribution in [1.29, 1.82) is 0 Å². The topological polar surface area (TPSA) is 73.4 Å². The van der Waals surface area contributed by atoms with Crippen LogP contribution in [0.15, 0.2) is 103 Å². The van der Waals surface area contributed by atoms with Gasteiger partial charge in [0.15, 0.2) is 0 Å².